The lowest BCUT2D eigenvalue weighted by Gasteiger charge is -2.23. The Bertz CT molecular complexity index is 209. The molecule has 0 spiro atoms. The highest BCUT2D eigenvalue weighted by atomic mass is 16.3. The molecule has 0 saturated carbocycles. The second-order valence-corrected chi connectivity index (χ2v) is 4.52. The predicted molar refractivity (Wildman–Crippen MR) is 55.9 cm³/mol. The topological polar surface area (TPSA) is 40.5 Å². The van der Waals surface area contributed by atoms with Gasteiger partial charge in [-0.25, -0.2) is 0 Å². The Morgan fingerprint density at radius 2 is 2.07 bits per heavy atom. The molecule has 0 radical (unpaired) electrons. The summed E-state index contributed by atoms with van der Waals surface area (Å²) < 4.78 is 0. The van der Waals surface area contributed by atoms with Gasteiger partial charge in [0.2, 0.25) is 5.91 Å². The van der Waals surface area contributed by atoms with E-state index in [0.717, 1.165) is 12.8 Å². The van der Waals surface area contributed by atoms with E-state index in [1.807, 2.05) is 13.8 Å². The van der Waals surface area contributed by atoms with E-state index in [-0.39, 0.29) is 11.8 Å². The lowest BCUT2D eigenvalue weighted by molar-refractivity contribution is -0.135. The van der Waals surface area contributed by atoms with E-state index in [9.17, 15) is 9.90 Å². The molecule has 1 fully saturated rings. The molecule has 0 bridgehead atoms. The number of hydrogen-bond donors (Lipinski definition) is 1. The van der Waals surface area contributed by atoms with Gasteiger partial charge in [0.25, 0.3) is 0 Å². The average Bonchev–Trinajstić information content (AvgIpc) is 2.48. The van der Waals surface area contributed by atoms with Crippen molar-refractivity contribution in [3.05, 3.63) is 0 Å². The van der Waals surface area contributed by atoms with Crippen molar-refractivity contribution in [2.45, 2.75) is 45.6 Å². The molecule has 1 atom stereocenters. The van der Waals surface area contributed by atoms with E-state index >= 15 is 0 Å². The summed E-state index contributed by atoms with van der Waals surface area (Å²) in [5.74, 6) is 0.358. The molecule has 0 aromatic rings. The van der Waals surface area contributed by atoms with Crippen LogP contribution in [0.2, 0.25) is 0 Å². The Labute approximate surface area is 86.1 Å². The van der Waals surface area contributed by atoms with Crippen molar-refractivity contribution in [1.82, 2.24) is 4.90 Å². The van der Waals surface area contributed by atoms with Crippen LogP contribution < -0.4 is 0 Å². The summed E-state index contributed by atoms with van der Waals surface area (Å²) in [4.78, 5) is 13.7. The van der Waals surface area contributed by atoms with E-state index < -0.39 is 5.60 Å². The zero-order chi connectivity index (χ0) is 10.8. The van der Waals surface area contributed by atoms with Crippen molar-refractivity contribution in [2.24, 2.45) is 5.92 Å². The number of aliphatic hydroxyl groups is 1. The third kappa shape index (κ3) is 2.47. The number of likely N-dealkylation sites (tertiary alicyclic amines) is 1. The van der Waals surface area contributed by atoms with Gasteiger partial charge in [-0.3, -0.25) is 4.79 Å². The van der Waals surface area contributed by atoms with E-state index in [4.69, 9.17) is 0 Å². The zero-order valence-electron chi connectivity index (χ0n) is 9.42. The molecule has 1 heterocycles. The number of carbonyl (C=O) groups excluding carboxylic acids is 1. The fourth-order valence-electron chi connectivity index (χ4n) is 2.03. The van der Waals surface area contributed by atoms with Crippen molar-refractivity contribution >= 4 is 5.91 Å². The summed E-state index contributed by atoms with van der Waals surface area (Å²) in [7, 11) is 0. The van der Waals surface area contributed by atoms with E-state index in [0.29, 0.717) is 19.5 Å². The molecule has 0 aromatic heterocycles. The minimum absolute atomic E-state index is 0.142. The Kier molecular flexibility index (Phi) is 3.53. The SMILES string of the molecule is CCC(CC)C(=O)N1CCC(C)(O)C1. The number of hydrogen-bond acceptors (Lipinski definition) is 2. The van der Waals surface area contributed by atoms with Crippen LogP contribution >= 0.6 is 0 Å². The first-order valence-electron chi connectivity index (χ1n) is 5.51. The van der Waals surface area contributed by atoms with Crippen LogP contribution in [0, 0.1) is 5.92 Å². The van der Waals surface area contributed by atoms with Gasteiger partial charge in [0.05, 0.1) is 5.60 Å². The monoisotopic (exact) mass is 199 g/mol. The molecule has 14 heavy (non-hydrogen) atoms. The number of amides is 1. The smallest absolute Gasteiger partial charge is 0.225 e. The van der Waals surface area contributed by atoms with E-state index in [1.165, 1.54) is 0 Å². The molecule has 0 aromatic carbocycles. The first-order chi connectivity index (χ1) is 6.50. The van der Waals surface area contributed by atoms with Crippen molar-refractivity contribution in [2.75, 3.05) is 13.1 Å². The number of carbonyl (C=O) groups is 1. The quantitative estimate of drug-likeness (QED) is 0.746. The van der Waals surface area contributed by atoms with Crippen LogP contribution in [-0.2, 0) is 4.79 Å². The molecular weight excluding hydrogens is 178 g/mol. The summed E-state index contributed by atoms with van der Waals surface area (Å²) in [6.07, 6.45) is 2.50. The van der Waals surface area contributed by atoms with Crippen molar-refractivity contribution in [1.29, 1.82) is 0 Å². The van der Waals surface area contributed by atoms with Crippen LogP contribution in [0.1, 0.15) is 40.0 Å². The minimum Gasteiger partial charge on any atom is -0.388 e. The summed E-state index contributed by atoms with van der Waals surface area (Å²) in [5, 5.41) is 9.75. The molecule has 1 amide bonds. The standard InChI is InChI=1S/C11H21NO2/c1-4-9(5-2)10(13)12-7-6-11(3,14)8-12/h9,14H,4-8H2,1-3H3. The van der Waals surface area contributed by atoms with Crippen LogP contribution in [0.5, 0.6) is 0 Å². The Balaban J connectivity index is 2.54. The molecule has 0 aliphatic carbocycles. The lowest BCUT2D eigenvalue weighted by atomic mass is 10.0. The van der Waals surface area contributed by atoms with Crippen LogP contribution in [0.4, 0.5) is 0 Å². The van der Waals surface area contributed by atoms with Crippen molar-refractivity contribution in [3.63, 3.8) is 0 Å². The summed E-state index contributed by atoms with van der Waals surface area (Å²) in [5.41, 5.74) is -0.665. The first-order valence-corrected chi connectivity index (χ1v) is 5.51. The van der Waals surface area contributed by atoms with Crippen LogP contribution in [0.3, 0.4) is 0 Å². The predicted octanol–water partition coefficient (Wildman–Crippen LogP) is 1.41. The Morgan fingerprint density at radius 1 is 1.50 bits per heavy atom. The van der Waals surface area contributed by atoms with Crippen LogP contribution in [0.15, 0.2) is 0 Å². The van der Waals surface area contributed by atoms with Gasteiger partial charge >= 0.3 is 0 Å². The van der Waals surface area contributed by atoms with Crippen LogP contribution in [0.25, 0.3) is 0 Å². The minimum atomic E-state index is -0.665. The molecule has 1 N–H and O–H groups in total. The second-order valence-electron chi connectivity index (χ2n) is 4.52. The molecule has 1 unspecified atom stereocenters. The third-order valence-corrected chi connectivity index (χ3v) is 3.10. The second kappa shape index (κ2) is 4.30. The van der Waals surface area contributed by atoms with Gasteiger partial charge in [0.15, 0.2) is 0 Å². The van der Waals surface area contributed by atoms with Crippen molar-refractivity contribution in [3.8, 4) is 0 Å². The van der Waals surface area contributed by atoms with Gasteiger partial charge in [-0.05, 0) is 26.2 Å². The van der Waals surface area contributed by atoms with E-state index in [1.54, 1.807) is 11.8 Å². The van der Waals surface area contributed by atoms with Gasteiger partial charge in [0, 0.05) is 19.0 Å². The maximum absolute atomic E-state index is 11.9. The summed E-state index contributed by atoms with van der Waals surface area (Å²) >= 11 is 0. The highest BCUT2D eigenvalue weighted by Gasteiger charge is 2.35. The van der Waals surface area contributed by atoms with Crippen molar-refractivity contribution < 1.29 is 9.90 Å². The highest BCUT2D eigenvalue weighted by molar-refractivity contribution is 5.79. The normalized spacial score (nSPS) is 27.4. The van der Waals surface area contributed by atoms with Crippen LogP contribution in [-0.4, -0.2) is 34.6 Å². The molecule has 3 heteroatoms. The molecule has 1 aliphatic rings. The lowest BCUT2D eigenvalue weighted by Crippen LogP contribution is -2.37. The molecular formula is C11H21NO2. The van der Waals surface area contributed by atoms with E-state index in [2.05, 4.69) is 0 Å². The van der Waals surface area contributed by atoms with Gasteiger partial charge in [-0.2, -0.15) is 0 Å². The molecule has 1 aliphatic heterocycles. The largest absolute Gasteiger partial charge is 0.388 e. The Hall–Kier alpha value is -0.570. The summed E-state index contributed by atoms with van der Waals surface area (Å²) in [6, 6.07) is 0. The highest BCUT2D eigenvalue weighted by Crippen LogP contribution is 2.23. The fourth-order valence-corrected chi connectivity index (χ4v) is 2.03. The average molecular weight is 199 g/mol. The maximum atomic E-state index is 11.9. The molecule has 1 rings (SSSR count). The maximum Gasteiger partial charge on any atom is 0.225 e. The van der Waals surface area contributed by atoms with Gasteiger partial charge < -0.3 is 10.0 Å². The van der Waals surface area contributed by atoms with Gasteiger partial charge in [-0.1, -0.05) is 13.8 Å². The molecule has 1 saturated heterocycles. The fraction of sp³-hybridized carbons (Fsp3) is 0.909. The summed E-state index contributed by atoms with van der Waals surface area (Å²) in [6.45, 7) is 7.10. The van der Waals surface area contributed by atoms with Gasteiger partial charge in [-0.15, -0.1) is 0 Å². The molecule has 3 nitrogen and oxygen atoms in total. The zero-order valence-corrected chi connectivity index (χ0v) is 9.42. The van der Waals surface area contributed by atoms with Gasteiger partial charge in [0.1, 0.15) is 0 Å². The number of β-amino-alcohol motifs (C(OH)–C–C–N with tert-alkyl or cyclic N) is 1. The third-order valence-electron chi connectivity index (χ3n) is 3.10. The number of nitrogens with zero attached hydrogens (tertiary/aromatic N) is 1. The molecule has 82 valence electrons. The first kappa shape index (κ1) is 11.5. The Morgan fingerprint density at radius 3 is 2.43 bits per heavy atom. The number of rotatable bonds is 3.